The van der Waals surface area contributed by atoms with Crippen molar-refractivity contribution >= 4 is 5.91 Å². The van der Waals surface area contributed by atoms with Crippen LogP contribution in [0.25, 0.3) is 0 Å². The van der Waals surface area contributed by atoms with E-state index in [1.54, 1.807) is 7.11 Å². The van der Waals surface area contributed by atoms with Crippen molar-refractivity contribution < 1.29 is 9.53 Å². The van der Waals surface area contributed by atoms with Gasteiger partial charge in [0.25, 0.3) is 0 Å². The summed E-state index contributed by atoms with van der Waals surface area (Å²) < 4.78 is 5.13. The Labute approximate surface area is 133 Å². The lowest BCUT2D eigenvalue weighted by Gasteiger charge is -2.27. The Hall–Kier alpha value is -1.59. The number of hydrogen-bond donors (Lipinski definition) is 2. The Kier molecular flexibility index (Phi) is 7.19. The van der Waals surface area contributed by atoms with Gasteiger partial charge in [0.15, 0.2) is 0 Å². The molecular weight excluding hydrogens is 278 g/mol. The van der Waals surface area contributed by atoms with Crippen molar-refractivity contribution in [3.05, 3.63) is 29.8 Å². The number of ether oxygens (including phenoxy) is 1. The zero-order valence-corrected chi connectivity index (χ0v) is 13.4. The highest BCUT2D eigenvalue weighted by Gasteiger charge is 2.09. The van der Waals surface area contributed by atoms with Crippen LogP contribution in [0, 0.1) is 0 Å². The molecule has 0 unspecified atom stereocenters. The molecule has 1 saturated heterocycles. The highest BCUT2D eigenvalue weighted by atomic mass is 16.5. The van der Waals surface area contributed by atoms with Crippen LogP contribution in [0.5, 0.6) is 5.75 Å². The summed E-state index contributed by atoms with van der Waals surface area (Å²) in [5, 5.41) is 6.34. The lowest BCUT2D eigenvalue weighted by Crippen LogP contribution is -2.46. The summed E-state index contributed by atoms with van der Waals surface area (Å²) in [5.41, 5.74) is 1.24. The average Bonchev–Trinajstić information content (AvgIpc) is 2.56. The van der Waals surface area contributed by atoms with E-state index in [2.05, 4.69) is 27.7 Å². The van der Waals surface area contributed by atoms with Gasteiger partial charge in [-0.15, -0.1) is 0 Å². The Morgan fingerprint density at radius 3 is 2.68 bits per heavy atom. The van der Waals surface area contributed by atoms with Gasteiger partial charge in [0.1, 0.15) is 5.75 Å². The number of piperazine rings is 1. The van der Waals surface area contributed by atoms with Crippen LogP contribution in [0.4, 0.5) is 0 Å². The number of rotatable bonds is 8. The van der Waals surface area contributed by atoms with Crippen LogP contribution in [0.2, 0.25) is 0 Å². The van der Waals surface area contributed by atoms with Crippen molar-refractivity contribution in [3.63, 3.8) is 0 Å². The van der Waals surface area contributed by atoms with E-state index in [-0.39, 0.29) is 5.91 Å². The van der Waals surface area contributed by atoms with Crippen LogP contribution in [-0.2, 0) is 11.2 Å². The van der Waals surface area contributed by atoms with Crippen LogP contribution >= 0.6 is 0 Å². The molecular formula is C17H27N3O2. The number of nitrogens with zero attached hydrogens (tertiary/aromatic N) is 1. The highest BCUT2D eigenvalue weighted by molar-refractivity contribution is 5.75. The van der Waals surface area contributed by atoms with Gasteiger partial charge in [-0.1, -0.05) is 12.1 Å². The monoisotopic (exact) mass is 305 g/mol. The van der Waals surface area contributed by atoms with E-state index in [1.807, 2.05) is 12.1 Å². The zero-order valence-electron chi connectivity index (χ0n) is 13.4. The fourth-order valence-corrected chi connectivity index (χ4v) is 2.62. The molecule has 2 N–H and O–H groups in total. The number of methoxy groups -OCH3 is 1. The van der Waals surface area contributed by atoms with Crippen LogP contribution in [-0.4, -0.2) is 57.2 Å². The molecule has 0 bridgehead atoms. The zero-order chi connectivity index (χ0) is 15.6. The van der Waals surface area contributed by atoms with Gasteiger partial charge in [0, 0.05) is 45.7 Å². The average molecular weight is 305 g/mol. The molecule has 0 saturated carbocycles. The summed E-state index contributed by atoms with van der Waals surface area (Å²) in [6.45, 7) is 5.96. The first-order valence-corrected chi connectivity index (χ1v) is 8.10. The molecule has 0 atom stereocenters. The lowest BCUT2D eigenvalue weighted by atomic mass is 10.1. The summed E-state index contributed by atoms with van der Waals surface area (Å²) in [6, 6.07) is 8.04. The van der Waals surface area contributed by atoms with Crippen molar-refractivity contribution in [2.24, 2.45) is 0 Å². The van der Waals surface area contributed by atoms with E-state index < -0.39 is 0 Å². The van der Waals surface area contributed by atoms with Gasteiger partial charge in [-0.2, -0.15) is 0 Å². The van der Waals surface area contributed by atoms with E-state index in [9.17, 15) is 4.79 Å². The molecule has 0 aliphatic carbocycles. The number of nitrogens with one attached hydrogen (secondary N) is 2. The summed E-state index contributed by atoms with van der Waals surface area (Å²) in [6.07, 6.45) is 2.40. The second-order valence-corrected chi connectivity index (χ2v) is 5.64. The molecule has 5 heteroatoms. The smallest absolute Gasteiger partial charge is 0.220 e. The van der Waals surface area contributed by atoms with E-state index in [0.29, 0.717) is 6.42 Å². The van der Waals surface area contributed by atoms with Gasteiger partial charge in [0.05, 0.1) is 7.11 Å². The van der Waals surface area contributed by atoms with Gasteiger partial charge in [-0.05, 0) is 30.5 Å². The lowest BCUT2D eigenvalue weighted by molar-refractivity contribution is -0.121. The van der Waals surface area contributed by atoms with Crippen molar-refractivity contribution in [3.8, 4) is 5.75 Å². The van der Waals surface area contributed by atoms with Gasteiger partial charge in [-0.3, -0.25) is 9.69 Å². The van der Waals surface area contributed by atoms with Gasteiger partial charge in [0.2, 0.25) is 5.91 Å². The molecule has 22 heavy (non-hydrogen) atoms. The number of aryl methyl sites for hydroxylation is 1. The molecule has 0 aromatic heterocycles. The molecule has 1 heterocycles. The fraction of sp³-hybridized carbons (Fsp3) is 0.588. The van der Waals surface area contributed by atoms with Crippen molar-refractivity contribution in [2.45, 2.75) is 19.3 Å². The molecule has 2 rings (SSSR count). The maximum Gasteiger partial charge on any atom is 0.220 e. The Morgan fingerprint density at radius 1 is 1.27 bits per heavy atom. The molecule has 0 radical (unpaired) electrons. The van der Waals surface area contributed by atoms with Gasteiger partial charge in [-0.25, -0.2) is 0 Å². The minimum atomic E-state index is 0.156. The van der Waals surface area contributed by atoms with Gasteiger partial charge < -0.3 is 15.4 Å². The SMILES string of the molecule is COc1ccc(CCCC(=O)NCCN2CCNCC2)cc1. The Balaban J connectivity index is 1.55. The number of benzene rings is 1. The second kappa shape index (κ2) is 9.43. The van der Waals surface area contributed by atoms with Crippen molar-refractivity contribution in [1.29, 1.82) is 0 Å². The standard InChI is InChI=1S/C17H27N3O2/c1-22-16-7-5-15(6-8-16)3-2-4-17(21)19-11-14-20-12-9-18-10-13-20/h5-8,18H,2-4,9-14H2,1H3,(H,19,21). The van der Waals surface area contributed by atoms with Crippen LogP contribution in [0.15, 0.2) is 24.3 Å². The van der Waals surface area contributed by atoms with Crippen molar-refractivity contribution in [1.82, 2.24) is 15.5 Å². The quantitative estimate of drug-likeness (QED) is 0.753. The van der Waals surface area contributed by atoms with Crippen LogP contribution in [0.1, 0.15) is 18.4 Å². The first-order valence-electron chi connectivity index (χ1n) is 8.10. The molecule has 0 spiro atoms. The maximum absolute atomic E-state index is 11.8. The minimum Gasteiger partial charge on any atom is -0.497 e. The number of amides is 1. The Bertz CT molecular complexity index is 442. The van der Waals surface area contributed by atoms with Crippen molar-refractivity contribution in [2.75, 3.05) is 46.4 Å². The number of carbonyl (C=O) groups is 1. The van der Waals surface area contributed by atoms with E-state index >= 15 is 0 Å². The van der Waals surface area contributed by atoms with Crippen LogP contribution in [0.3, 0.4) is 0 Å². The largest absolute Gasteiger partial charge is 0.497 e. The molecule has 1 aromatic carbocycles. The molecule has 1 aromatic rings. The topological polar surface area (TPSA) is 53.6 Å². The van der Waals surface area contributed by atoms with E-state index in [4.69, 9.17) is 4.74 Å². The number of carbonyl (C=O) groups excluding carboxylic acids is 1. The molecule has 1 aliphatic rings. The third kappa shape index (κ3) is 6.03. The third-order valence-corrected chi connectivity index (χ3v) is 3.99. The molecule has 1 amide bonds. The van der Waals surface area contributed by atoms with Crippen LogP contribution < -0.4 is 15.4 Å². The molecule has 122 valence electrons. The summed E-state index contributed by atoms with van der Waals surface area (Å²) in [4.78, 5) is 14.2. The fourth-order valence-electron chi connectivity index (χ4n) is 2.62. The third-order valence-electron chi connectivity index (χ3n) is 3.99. The predicted molar refractivity (Wildman–Crippen MR) is 88.3 cm³/mol. The van der Waals surface area contributed by atoms with E-state index in [0.717, 1.165) is 57.9 Å². The molecule has 1 fully saturated rings. The second-order valence-electron chi connectivity index (χ2n) is 5.64. The summed E-state index contributed by atoms with van der Waals surface area (Å²) in [7, 11) is 1.67. The highest BCUT2D eigenvalue weighted by Crippen LogP contribution is 2.13. The van der Waals surface area contributed by atoms with E-state index in [1.165, 1.54) is 5.56 Å². The first kappa shape index (κ1) is 16.8. The first-order chi connectivity index (χ1) is 10.8. The summed E-state index contributed by atoms with van der Waals surface area (Å²) in [5.74, 6) is 1.03. The van der Waals surface area contributed by atoms with Gasteiger partial charge >= 0.3 is 0 Å². The minimum absolute atomic E-state index is 0.156. The predicted octanol–water partition coefficient (Wildman–Crippen LogP) is 1.04. The normalized spacial score (nSPS) is 15.5. The molecule has 1 aliphatic heterocycles. The summed E-state index contributed by atoms with van der Waals surface area (Å²) >= 11 is 0. The Morgan fingerprint density at radius 2 is 2.00 bits per heavy atom. The molecule has 5 nitrogen and oxygen atoms in total. The number of hydrogen-bond acceptors (Lipinski definition) is 4. The maximum atomic E-state index is 11.8.